The number of pyridine rings is 1. The molecule has 0 radical (unpaired) electrons. The molecule has 0 fully saturated rings. The van der Waals surface area contributed by atoms with Crippen LogP contribution in [0.2, 0.25) is 0 Å². The number of nitrogens with zero attached hydrogens (tertiary/aromatic N) is 1. The van der Waals surface area contributed by atoms with Gasteiger partial charge in [-0.15, -0.1) is 11.3 Å². The van der Waals surface area contributed by atoms with E-state index in [1.807, 2.05) is 6.07 Å². The van der Waals surface area contributed by atoms with Crippen molar-refractivity contribution < 1.29 is 13.9 Å². The van der Waals surface area contributed by atoms with Gasteiger partial charge < -0.3 is 14.8 Å². The minimum atomic E-state index is -0.249. The van der Waals surface area contributed by atoms with Crippen LogP contribution in [0.5, 0.6) is 0 Å². The highest BCUT2D eigenvalue weighted by Gasteiger charge is 2.24. The zero-order valence-electron chi connectivity index (χ0n) is 16.0. The molecule has 2 aromatic heterocycles. The predicted molar refractivity (Wildman–Crippen MR) is 118 cm³/mol. The molecule has 1 atom stereocenters. The third-order valence-corrected chi connectivity index (χ3v) is 6.09. The van der Waals surface area contributed by atoms with Gasteiger partial charge in [0.05, 0.1) is 0 Å². The van der Waals surface area contributed by atoms with Crippen LogP contribution < -0.4 is 5.32 Å². The lowest BCUT2D eigenvalue weighted by Crippen LogP contribution is -2.27. The van der Waals surface area contributed by atoms with Crippen molar-refractivity contribution in [3.63, 3.8) is 0 Å². The maximum absolute atomic E-state index is 13.4. The van der Waals surface area contributed by atoms with Crippen molar-refractivity contribution in [1.82, 2.24) is 4.98 Å². The van der Waals surface area contributed by atoms with E-state index in [1.54, 1.807) is 35.9 Å². The van der Waals surface area contributed by atoms with Gasteiger partial charge in [-0.05, 0) is 47.6 Å². The summed E-state index contributed by atoms with van der Waals surface area (Å²) in [6, 6.07) is 8.34. The average molecular weight is 418 g/mol. The molecule has 4 nitrogen and oxygen atoms in total. The Labute approximate surface area is 177 Å². The van der Waals surface area contributed by atoms with Crippen LogP contribution in [0, 0.1) is 5.82 Å². The standard InChI is InChI=1S/C24H19FN2O2S/c25-18-8-6-16(7-9-18)19-15-30-21-10-11-26-24(22(19)21)27-23(17-4-2-1-3-5-17)20-14-28-12-13-29-20/h1-2,4,6-15,23H,3,5H2,(H,26,27). The average Bonchev–Trinajstić information content (AvgIpc) is 3.24. The number of nitrogens with one attached hydrogen (secondary N) is 1. The van der Waals surface area contributed by atoms with E-state index >= 15 is 0 Å². The van der Waals surface area contributed by atoms with Crippen molar-refractivity contribution in [2.75, 3.05) is 5.32 Å². The summed E-state index contributed by atoms with van der Waals surface area (Å²) in [6.07, 6.45) is 14.7. The van der Waals surface area contributed by atoms with Crippen LogP contribution in [0.3, 0.4) is 0 Å². The van der Waals surface area contributed by atoms with Crippen LogP contribution in [0.25, 0.3) is 21.2 Å². The molecule has 1 unspecified atom stereocenters. The maximum atomic E-state index is 13.4. The summed E-state index contributed by atoms with van der Waals surface area (Å²) < 4.78 is 25.7. The maximum Gasteiger partial charge on any atom is 0.165 e. The molecule has 1 aromatic carbocycles. The van der Waals surface area contributed by atoms with Gasteiger partial charge in [0.15, 0.2) is 5.76 Å². The van der Waals surface area contributed by atoms with Crippen LogP contribution in [0.4, 0.5) is 10.2 Å². The van der Waals surface area contributed by atoms with Gasteiger partial charge in [-0.25, -0.2) is 9.37 Å². The summed E-state index contributed by atoms with van der Waals surface area (Å²) in [5, 5.41) is 6.68. The summed E-state index contributed by atoms with van der Waals surface area (Å²) in [6.45, 7) is 0. The topological polar surface area (TPSA) is 43.4 Å². The van der Waals surface area contributed by atoms with Crippen LogP contribution in [-0.2, 0) is 9.47 Å². The third kappa shape index (κ3) is 3.62. The first kappa shape index (κ1) is 18.6. The molecule has 5 rings (SSSR count). The van der Waals surface area contributed by atoms with Crippen molar-refractivity contribution in [3.05, 3.63) is 96.1 Å². The van der Waals surface area contributed by atoms with Gasteiger partial charge in [-0.1, -0.05) is 30.4 Å². The molecule has 1 aliphatic carbocycles. The molecular weight excluding hydrogens is 399 g/mol. The zero-order valence-corrected chi connectivity index (χ0v) is 16.9. The van der Waals surface area contributed by atoms with E-state index in [2.05, 4.69) is 33.9 Å². The number of hydrogen-bond acceptors (Lipinski definition) is 5. The molecule has 1 aliphatic heterocycles. The summed E-state index contributed by atoms with van der Waals surface area (Å²) >= 11 is 1.64. The summed E-state index contributed by atoms with van der Waals surface area (Å²) in [7, 11) is 0. The number of rotatable bonds is 5. The highest BCUT2D eigenvalue weighted by atomic mass is 32.1. The Morgan fingerprint density at radius 2 is 2.03 bits per heavy atom. The fraction of sp³-hybridized carbons (Fsp3) is 0.125. The van der Waals surface area contributed by atoms with Crippen LogP contribution in [-0.4, -0.2) is 11.0 Å². The largest absolute Gasteiger partial charge is 0.466 e. The van der Waals surface area contributed by atoms with Gasteiger partial charge in [0.2, 0.25) is 0 Å². The number of benzene rings is 1. The minimum Gasteiger partial charge on any atom is -0.466 e. The Morgan fingerprint density at radius 3 is 2.80 bits per heavy atom. The summed E-state index contributed by atoms with van der Waals surface area (Å²) in [5.74, 6) is 1.19. The Morgan fingerprint density at radius 1 is 1.13 bits per heavy atom. The number of halogens is 1. The van der Waals surface area contributed by atoms with E-state index in [0.717, 1.165) is 39.9 Å². The minimum absolute atomic E-state index is 0.209. The first-order chi connectivity index (χ1) is 14.8. The van der Waals surface area contributed by atoms with E-state index in [9.17, 15) is 4.39 Å². The van der Waals surface area contributed by atoms with Crippen LogP contribution >= 0.6 is 11.3 Å². The quantitative estimate of drug-likeness (QED) is 0.512. The molecule has 6 heteroatoms. The Kier molecular flexibility index (Phi) is 5.07. The van der Waals surface area contributed by atoms with Crippen LogP contribution in [0.1, 0.15) is 12.8 Å². The molecule has 2 aliphatic rings. The molecule has 3 heterocycles. The number of hydrogen-bond donors (Lipinski definition) is 1. The normalized spacial score (nSPS) is 16.4. The van der Waals surface area contributed by atoms with Gasteiger partial charge >= 0.3 is 0 Å². The van der Waals surface area contributed by atoms with Crippen molar-refractivity contribution in [2.45, 2.75) is 18.9 Å². The smallest absolute Gasteiger partial charge is 0.165 e. The number of fused-ring (bicyclic) bond motifs is 1. The SMILES string of the molecule is Fc1ccc(-c2csc3ccnc(NC(C4=CC=CCC4)C4=COC=CO4)c23)cc1. The first-order valence-electron chi connectivity index (χ1n) is 9.71. The molecule has 3 aromatic rings. The van der Waals surface area contributed by atoms with Crippen LogP contribution in [0.15, 0.2) is 90.3 Å². The molecule has 0 amide bonds. The van der Waals surface area contributed by atoms with Gasteiger partial charge in [0, 0.05) is 21.8 Å². The summed E-state index contributed by atoms with van der Waals surface area (Å²) in [4.78, 5) is 4.65. The number of aromatic nitrogens is 1. The van der Waals surface area contributed by atoms with E-state index in [-0.39, 0.29) is 11.9 Å². The molecule has 30 heavy (non-hydrogen) atoms. The number of ether oxygens (including phenoxy) is 2. The van der Waals surface area contributed by atoms with E-state index in [4.69, 9.17) is 9.47 Å². The molecule has 0 bridgehead atoms. The molecule has 150 valence electrons. The highest BCUT2D eigenvalue weighted by Crippen LogP contribution is 2.39. The lowest BCUT2D eigenvalue weighted by atomic mass is 9.96. The van der Waals surface area contributed by atoms with E-state index < -0.39 is 0 Å². The molecule has 0 spiro atoms. The lowest BCUT2D eigenvalue weighted by Gasteiger charge is -2.26. The first-order valence-corrected chi connectivity index (χ1v) is 10.6. The van der Waals surface area contributed by atoms with Gasteiger partial charge in [0.25, 0.3) is 0 Å². The van der Waals surface area contributed by atoms with E-state index in [0.29, 0.717) is 5.76 Å². The lowest BCUT2D eigenvalue weighted by molar-refractivity contribution is 0.245. The second-order valence-corrected chi connectivity index (χ2v) is 7.93. The molecule has 0 saturated heterocycles. The third-order valence-electron chi connectivity index (χ3n) is 5.15. The fourth-order valence-corrected chi connectivity index (χ4v) is 4.65. The Balaban J connectivity index is 1.58. The fourth-order valence-electron chi connectivity index (χ4n) is 3.69. The number of allylic oxidation sites excluding steroid dienone is 3. The highest BCUT2D eigenvalue weighted by molar-refractivity contribution is 7.17. The van der Waals surface area contributed by atoms with Crippen molar-refractivity contribution in [2.24, 2.45) is 0 Å². The van der Waals surface area contributed by atoms with E-state index in [1.165, 1.54) is 30.2 Å². The second kappa shape index (κ2) is 8.16. The van der Waals surface area contributed by atoms with Gasteiger partial charge in [-0.3, -0.25) is 0 Å². The molecule has 1 N–H and O–H groups in total. The second-order valence-electron chi connectivity index (χ2n) is 7.02. The van der Waals surface area contributed by atoms with Gasteiger partial charge in [0.1, 0.15) is 36.5 Å². The zero-order chi connectivity index (χ0) is 20.3. The van der Waals surface area contributed by atoms with Crippen molar-refractivity contribution in [3.8, 4) is 11.1 Å². The van der Waals surface area contributed by atoms with Crippen molar-refractivity contribution in [1.29, 1.82) is 0 Å². The monoisotopic (exact) mass is 418 g/mol. The molecule has 0 saturated carbocycles. The number of thiophene rings is 1. The molecular formula is C24H19FN2O2S. The Hall–Kier alpha value is -3.38. The number of anilines is 1. The van der Waals surface area contributed by atoms with Gasteiger partial charge in [-0.2, -0.15) is 0 Å². The summed E-state index contributed by atoms with van der Waals surface area (Å²) in [5.41, 5.74) is 3.17. The Bertz CT molecular complexity index is 1190. The predicted octanol–water partition coefficient (Wildman–Crippen LogP) is 6.52. The van der Waals surface area contributed by atoms with Crippen molar-refractivity contribution >= 4 is 27.2 Å².